The second-order valence-corrected chi connectivity index (χ2v) is 5.42. The van der Waals surface area contributed by atoms with Gasteiger partial charge in [-0.3, -0.25) is 4.79 Å². The molecule has 0 radical (unpaired) electrons. The van der Waals surface area contributed by atoms with Gasteiger partial charge in [-0.15, -0.1) is 0 Å². The number of aromatic nitrogens is 1. The molecule has 0 aliphatic rings. The maximum Gasteiger partial charge on any atom is 0.326 e. The lowest BCUT2D eigenvalue weighted by molar-refractivity contribution is -0.127. The number of aliphatic imine (C=N–C) groups is 1. The van der Waals surface area contributed by atoms with E-state index in [0.717, 1.165) is 23.0 Å². The second kappa shape index (κ2) is 7.18. The fourth-order valence-electron chi connectivity index (χ4n) is 2.28. The van der Waals surface area contributed by atoms with Gasteiger partial charge in [0.2, 0.25) is 11.9 Å². The van der Waals surface area contributed by atoms with Crippen molar-refractivity contribution in [3.05, 3.63) is 47.9 Å². The third-order valence-electron chi connectivity index (χ3n) is 3.66. The summed E-state index contributed by atoms with van der Waals surface area (Å²) in [6.07, 6.45) is 1.39. The first kappa shape index (κ1) is 16.7. The molecule has 130 valence electrons. The standard InChI is InChI=1S/C17H19N5O3/c1-2-11-7-8-12(24-11)9-10-15(23)22(19)16(18)21-17-20-13-5-3-4-6-14(13)25-17/h3-8H,2,9-10,19H2,1H3,(H2,18,20,21). The van der Waals surface area contributed by atoms with Crippen molar-refractivity contribution in [2.45, 2.75) is 26.2 Å². The number of aryl methyl sites for hydroxylation is 2. The monoisotopic (exact) mass is 341 g/mol. The molecule has 25 heavy (non-hydrogen) atoms. The number of para-hydroxylation sites is 2. The van der Waals surface area contributed by atoms with Crippen LogP contribution in [0.4, 0.5) is 6.01 Å². The minimum Gasteiger partial charge on any atom is -0.466 e. The Hall–Kier alpha value is -3.13. The Balaban J connectivity index is 1.63. The van der Waals surface area contributed by atoms with Gasteiger partial charge in [0.25, 0.3) is 0 Å². The number of hydrogen-bond acceptors (Lipinski definition) is 6. The summed E-state index contributed by atoms with van der Waals surface area (Å²) in [5, 5.41) is 0.790. The largest absolute Gasteiger partial charge is 0.466 e. The summed E-state index contributed by atoms with van der Waals surface area (Å²) in [5.74, 6) is 6.76. The lowest BCUT2D eigenvalue weighted by Crippen LogP contribution is -2.46. The van der Waals surface area contributed by atoms with Crippen LogP contribution in [0, 0.1) is 0 Å². The van der Waals surface area contributed by atoms with Crippen LogP contribution in [0.25, 0.3) is 11.1 Å². The number of furan rings is 1. The van der Waals surface area contributed by atoms with Crippen LogP contribution in [-0.4, -0.2) is 21.9 Å². The van der Waals surface area contributed by atoms with E-state index in [-0.39, 0.29) is 24.3 Å². The van der Waals surface area contributed by atoms with Crippen LogP contribution < -0.4 is 11.6 Å². The minimum atomic E-state index is -0.383. The number of benzene rings is 1. The van der Waals surface area contributed by atoms with Gasteiger partial charge in [-0.1, -0.05) is 19.1 Å². The van der Waals surface area contributed by atoms with Gasteiger partial charge in [0.1, 0.15) is 17.0 Å². The molecule has 8 heteroatoms. The zero-order valence-electron chi connectivity index (χ0n) is 13.8. The fourth-order valence-corrected chi connectivity index (χ4v) is 2.28. The number of carbonyl (C=O) groups is 1. The predicted molar refractivity (Wildman–Crippen MR) is 92.7 cm³/mol. The van der Waals surface area contributed by atoms with E-state index in [1.54, 1.807) is 12.1 Å². The van der Waals surface area contributed by atoms with E-state index in [0.29, 0.717) is 17.5 Å². The van der Waals surface area contributed by atoms with Crippen molar-refractivity contribution in [2.75, 3.05) is 0 Å². The molecule has 2 aromatic heterocycles. The van der Waals surface area contributed by atoms with Crippen LogP contribution in [0.1, 0.15) is 24.9 Å². The smallest absolute Gasteiger partial charge is 0.326 e. The van der Waals surface area contributed by atoms with Gasteiger partial charge in [-0.2, -0.15) is 9.98 Å². The summed E-state index contributed by atoms with van der Waals surface area (Å²) >= 11 is 0. The third-order valence-corrected chi connectivity index (χ3v) is 3.66. The maximum absolute atomic E-state index is 12.1. The Morgan fingerprint density at radius 3 is 2.68 bits per heavy atom. The molecule has 0 fully saturated rings. The number of rotatable bonds is 5. The van der Waals surface area contributed by atoms with Crippen molar-refractivity contribution >= 4 is 29.0 Å². The van der Waals surface area contributed by atoms with E-state index in [1.165, 1.54) is 0 Å². The van der Waals surface area contributed by atoms with Crippen LogP contribution in [-0.2, 0) is 17.6 Å². The Bertz CT molecular complexity index is 879. The van der Waals surface area contributed by atoms with Gasteiger partial charge in [0.15, 0.2) is 5.58 Å². The minimum absolute atomic E-state index is 0.0422. The zero-order valence-corrected chi connectivity index (χ0v) is 13.8. The predicted octanol–water partition coefficient (Wildman–Crippen LogP) is 2.26. The first-order valence-corrected chi connectivity index (χ1v) is 7.91. The van der Waals surface area contributed by atoms with Gasteiger partial charge < -0.3 is 14.6 Å². The summed E-state index contributed by atoms with van der Waals surface area (Å²) in [5.41, 5.74) is 7.00. The normalized spacial score (nSPS) is 11.8. The van der Waals surface area contributed by atoms with Crippen molar-refractivity contribution in [3.63, 3.8) is 0 Å². The number of amides is 1. The summed E-state index contributed by atoms with van der Waals surface area (Å²) in [4.78, 5) is 20.3. The topological polar surface area (TPSA) is 124 Å². The lowest BCUT2D eigenvalue weighted by atomic mass is 10.2. The Labute approximate surface area is 144 Å². The molecule has 3 rings (SSSR count). The molecule has 0 unspecified atom stereocenters. The van der Waals surface area contributed by atoms with Crippen LogP contribution in [0.15, 0.2) is 50.2 Å². The van der Waals surface area contributed by atoms with Crippen molar-refractivity contribution < 1.29 is 13.6 Å². The summed E-state index contributed by atoms with van der Waals surface area (Å²) < 4.78 is 11.0. The molecular weight excluding hydrogens is 322 g/mol. The quantitative estimate of drug-likeness (QED) is 0.241. The summed E-state index contributed by atoms with van der Waals surface area (Å²) in [7, 11) is 0. The number of nitrogens with two attached hydrogens (primary N) is 2. The summed E-state index contributed by atoms with van der Waals surface area (Å²) in [6, 6.07) is 11.0. The number of fused-ring (bicyclic) bond motifs is 1. The van der Waals surface area contributed by atoms with E-state index in [9.17, 15) is 4.79 Å². The molecule has 0 spiro atoms. The SMILES string of the molecule is CCc1ccc(CCC(=O)N(N)C(N)=Nc2nc3ccccc3o2)o1. The van der Waals surface area contributed by atoms with Crippen molar-refractivity contribution in [3.8, 4) is 0 Å². The second-order valence-electron chi connectivity index (χ2n) is 5.42. The van der Waals surface area contributed by atoms with Gasteiger partial charge in [-0.05, 0) is 24.3 Å². The number of hydrazine groups is 1. The van der Waals surface area contributed by atoms with E-state index in [4.69, 9.17) is 20.4 Å². The van der Waals surface area contributed by atoms with Gasteiger partial charge >= 0.3 is 6.01 Å². The molecule has 0 bridgehead atoms. The average Bonchev–Trinajstić information content (AvgIpc) is 3.24. The highest BCUT2D eigenvalue weighted by atomic mass is 16.4. The van der Waals surface area contributed by atoms with E-state index < -0.39 is 0 Å². The van der Waals surface area contributed by atoms with Gasteiger partial charge in [-0.25, -0.2) is 10.9 Å². The van der Waals surface area contributed by atoms with Crippen LogP contribution >= 0.6 is 0 Å². The molecule has 0 saturated carbocycles. The van der Waals surface area contributed by atoms with Crippen molar-refractivity contribution in [1.82, 2.24) is 9.99 Å². The zero-order chi connectivity index (χ0) is 17.8. The van der Waals surface area contributed by atoms with Crippen LogP contribution in [0.5, 0.6) is 0 Å². The molecule has 0 aliphatic heterocycles. The average molecular weight is 341 g/mol. The highest BCUT2D eigenvalue weighted by Gasteiger charge is 2.15. The van der Waals surface area contributed by atoms with Crippen LogP contribution in [0.2, 0.25) is 0 Å². The molecule has 8 nitrogen and oxygen atoms in total. The summed E-state index contributed by atoms with van der Waals surface area (Å²) in [6.45, 7) is 2.00. The van der Waals surface area contributed by atoms with Crippen molar-refractivity contribution in [1.29, 1.82) is 0 Å². The van der Waals surface area contributed by atoms with E-state index in [2.05, 4.69) is 9.98 Å². The molecule has 1 amide bonds. The van der Waals surface area contributed by atoms with Gasteiger partial charge in [0.05, 0.1) is 0 Å². The van der Waals surface area contributed by atoms with Crippen molar-refractivity contribution in [2.24, 2.45) is 16.6 Å². The first-order valence-electron chi connectivity index (χ1n) is 7.91. The number of carbonyl (C=O) groups excluding carboxylic acids is 1. The molecule has 4 N–H and O–H groups in total. The fraction of sp³-hybridized carbons (Fsp3) is 0.235. The third kappa shape index (κ3) is 3.86. The molecule has 0 atom stereocenters. The molecular formula is C17H19N5O3. The number of nitrogens with zero attached hydrogens (tertiary/aromatic N) is 3. The van der Waals surface area contributed by atoms with E-state index in [1.807, 2.05) is 31.2 Å². The Kier molecular flexibility index (Phi) is 4.80. The maximum atomic E-state index is 12.1. The molecule has 2 heterocycles. The lowest BCUT2D eigenvalue weighted by Gasteiger charge is -2.14. The number of oxazole rings is 1. The van der Waals surface area contributed by atoms with E-state index >= 15 is 0 Å². The molecule has 0 saturated heterocycles. The molecule has 1 aromatic carbocycles. The molecule has 3 aromatic rings. The Morgan fingerprint density at radius 2 is 1.96 bits per heavy atom. The first-order chi connectivity index (χ1) is 12.1. The number of hydrogen-bond donors (Lipinski definition) is 2. The number of guanidine groups is 1. The Morgan fingerprint density at radius 1 is 1.20 bits per heavy atom. The highest BCUT2D eigenvalue weighted by Crippen LogP contribution is 2.20. The highest BCUT2D eigenvalue weighted by molar-refractivity contribution is 5.96. The molecule has 0 aliphatic carbocycles. The van der Waals surface area contributed by atoms with Crippen LogP contribution in [0.3, 0.4) is 0 Å². The van der Waals surface area contributed by atoms with Gasteiger partial charge in [0, 0.05) is 19.3 Å².